The molecule has 1 aliphatic rings. The third kappa shape index (κ3) is 4.88. The van der Waals surface area contributed by atoms with Crippen LogP contribution in [0.1, 0.15) is 37.1 Å². The number of carbonyl (C=O) groups is 1. The van der Waals surface area contributed by atoms with Crippen molar-refractivity contribution in [2.24, 2.45) is 0 Å². The number of hydrogen-bond acceptors (Lipinski definition) is 5. The molecule has 1 aromatic carbocycles. The van der Waals surface area contributed by atoms with Gasteiger partial charge in [0.15, 0.2) is 0 Å². The SMILES string of the molecule is CCOc1ccc(S(=O)(=O)NCCC(=O)N2CCC[C@H]2c2cccs2)cc1. The molecule has 0 saturated carbocycles. The van der Waals surface area contributed by atoms with Crippen molar-refractivity contribution >= 4 is 27.3 Å². The number of benzene rings is 1. The maximum absolute atomic E-state index is 12.6. The van der Waals surface area contributed by atoms with E-state index in [0.29, 0.717) is 12.4 Å². The maximum Gasteiger partial charge on any atom is 0.240 e. The van der Waals surface area contributed by atoms with E-state index < -0.39 is 10.0 Å². The fourth-order valence-electron chi connectivity index (χ4n) is 3.24. The second-order valence-electron chi connectivity index (χ2n) is 6.31. The van der Waals surface area contributed by atoms with E-state index in [-0.39, 0.29) is 29.8 Å². The minimum atomic E-state index is -3.64. The van der Waals surface area contributed by atoms with E-state index in [2.05, 4.69) is 10.8 Å². The number of nitrogens with one attached hydrogen (secondary N) is 1. The van der Waals surface area contributed by atoms with Crippen LogP contribution in [0, 0.1) is 0 Å². The molecule has 1 atom stereocenters. The molecule has 0 spiro atoms. The Hall–Kier alpha value is -1.90. The van der Waals surface area contributed by atoms with Gasteiger partial charge in [-0.3, -0.25) is 4.79 Å². The van der Waals surface area contributed by atoms with Gasteiger partial charge in [-0.25, -0.2) is 13.1 Å². The third-order valence-electron chi connectivity index (χ3n) is 4.52. The molecular weight excluding hydrogens is 384 g/mol. The fraction of sp³-hybridized carbons (Fsp3) is 0.421. The Bertz CT molecular complexity index is 848. The standard InChI is InChI=1S/C19H24N2O4S2/c1-2-25-15-7-9-16(10-8-15)27(23,24)20-12-11-19(22)21-13-3-5-17(21)18-6-4-14-26-18/h4,6-10,14,17,20H,2-3,5,11-13H2,1H3/t17-/m0/s1. The molecule has 1 saturated heterocycles. The zero-order chi connectivity index (χ0) is 19.3. The van der Waals surface area contributed by atoms with Crippen LogP contribution in [0.25, 0.3) is 0 Å². The van der Waals surface area contributed by atoms with Crippen molar-refractivity contribution in [1.82, 2.24) is 9.62 Å². The van der Waals surface area contributed by atoms with Gasteiger partial charge in [-0.15, -0.1) is 11.3 Å². The van der Waals surface area contributed by atoms with Gasteiger partial charge in [0, 0.05) is 24.4 Å². The van der Waals surface area contributed by atoms with Crippen molar-refractivity contribution in [3.05, 3.63) is 46.7 Å². The number of ether oxygens (including phenoxy) is 1. The number of amides is 1. The molecule has 8 heteroatoms. The minimum absolute atomic E-state index is 0.0136. The molecule has 27 heavy (non-hydrogen) atoms. The van der Waals surface area contributed by atoms with Gasteiger partial charge in [0.05, 0.1) is 17.5 Å². The molecule has 0 aliphatic carbocycles. The van der Waals surface area contributed by atoms with Gasteiger partial charge in [0.25, 0.3) is 0 Å². The Kier molecular flexibility index (Phi) is 6.51. The largest absolute Gasteiger partial charge is 0.494 e. The second kappa shape index (κ2) is 8.86. The van der Waals surface area contributed by atoms with E-state index in [1.807, 2.05) is 23.3 Å². The maximum atomic E-state index is 12.6. The second-order valence-corrected chi connectivity index (χ2v) is 9.06. The topological polar surface area (TPSA) is 75.7 Å². The molecule has 146 valence electrons. The Morgan fingerprint density at radius 3 is 2.74 bits per heavy atom. The summed E-state index contributed by atoms with van der Waals surface area (Å²) in [5, 5.41) is 2.02. The highest BCUT2D eigenvalue weighted by Crippen LogP contribution is 2.34. The molecule has 0 bridgehead atoms. The first-order valence-electron chi connectivity index (χ1n) is 9.06. The highest BCUT2D eigenvalue weighted by Gasteiger charge is 2.30. The number of rotatable bonds is 8. The average molecular weight is 409 g/mol. The van der Waals surface area contributed by atoms with Crippen LogP contribution < -0.4 is 9.46 Å². The summed E-state index contributed by atoms with van der Waals surface area (Å²) in [5.41, 5.74) is 0. The number of likely N-dealkylation sites (tertiary alicyclic amines) is 1. The van der Waals surface area contributed by atoms with E-state index in [4.69, 9.17) is 4.74 Å². The molecule has 1 fully saturated rings. The number of hydrogen-bond donors (Lipinski definition) is 1. The summed E-state index contributed by atoms with van der Waals surface area (Å²) in [6, 6.07) is 10.4. The third-order valence-corrected chi connectivity index (χ3v) is 6.97. The average Bonchev–Trinajstić information content (AvgIpc) is 3.33. The Balaban J connectivity index is 1.54. The summed E-state index contributed by atoms with van der Waals surface area (Å²) in [4.78, 5) is 15.8. The zero-order valence-corrected chi connectivity index (χ0v) is 16.9. The van der Waals surface area contributed by atoms with Crippen LogP contribution in [0.3, 0.4) is 0 Å². The molecule has 0 radical (unpaired) electrons. The monoisotopic (exact) mass is 408 g/mol. The van der Waals surface area contributed by atoms with Crippen LogP contribution in [0.4, 0.5) is 0 Å². The molecular formula is C19H24N2O4S2. The van der Waals surface area contributed by atoms with Crippen molar-refractivity contribution in [3.8, 4) is 5.75 Å². The van der Waals surface area contributed by atoms with Gasteiger partial charge in [0.1, 0.15) is 5.75 Å². The van der Waals surface area contributed by atoms with E-state index in [0.717, 1.165) is 19.4 Å². The van der Waals surface area contributed by atoms with Gasteiger partial charge in [-0.1, -0.05) is 6.07 Å². The lowest BCUT2D eigenvalue weighted by molar-refractivity contribution is -0.131. The van der Waals surface area contributed by atoms with Crippen LogP contribution in [0.15, 0.2) is 46.7 Å². The van der Waals surface area contributed by atoms with Crippen molar-refractivity contribution in [2.45, 2.75) is 37.1 Å². The smallest absolute Gasteiger partial charge is 0.240 e. The Morgan fingerprint density at radius 2 is 2.07 bits per heavy atom. The van der Waals surface area contributed by atoms with Crippen molar-refractivity contribution in [2.75, 3.05) is 19.7 Å². The molecule has 1 aliphatic heterocycles. The molecule has 1 amide bonds. The molecule has 2 aromatic rings. The number of thiophene rings is 1. The predicted octanol–water partition coefficient (Wildman–Crippen LogP) is 3.18. The number of carbonyl (C=O) groups excluding carboxylic acids is 1. The summed E-state index contributed by atoms with van der Waals surface area (Å²) in [7, 11) is -3.64. The molecule has 0 unspecified atom stereocenters. The first kappa shape index (κ1) is 19.9. The quantitative estimate of drug-likeness (QED) is 0.728. The number of nitrogens with zero attached hydrogens (tertiary/aromatic N) is 1. The van der Waals surface area contributed by atoms with Crippen LogP contribution in [-0.4, -0.2) is 38.9 Å². The van der Waals surface area contributed by atoms with E-state index in [1.165, 1.54) is 17.0 Å². The van der Waals surface area contributed by atoms with Gasteiger partial charge in [-0.05, 0) is 55.5 Å². The minimum Gasteiger partial charge on any atom is -0.494 e. The van der Waals surface area contributed by atoms with Crippen LogP contribution in [0.5, 0.6) is 5.75 Å². The van der Waals surface area contributed by atoms with Gasteiger partial charge in [0.2, 0.25) is 15.9 Å². The first-order valence-corrected chi connectivity index (χ1v) is 11.4. The summed E-state index contributed by atoms with van der Waals surface area (Å²) >= 11 is 1.66. The van der Waals surface area contributed by atoms with Crippen molar-refractivity contribution < 1.29 is 17.9 Å². The molecule has 6 nitrogen and oxygen atoms in total. The van der Waals surface area contributed by atoms with E-state index in [1.54, 1.807) is 23.5 Å². The highest BCUT2D eigenvalue weighted by molar-refractivity contribution is 7.89. The summed E-state index contributed by atoms with van der Waals surface area (Å²) < 4.78 is 32.6. The van der Waals surface area contributed by atoms with Crippen molar-refractivity contribution in [3.63, 3.8) is 0 Å². The van der Waals surface area contributed by atoms with Crippen LogP contribution in [0.2, 0.25) is 0 Å². The van der Waals surface area contributed by atoms with Crippen LogP contribution >= 0.6 is 11.3 Å². The highest BCUT2D eigenvalue weighted by atomic mass is 32.2. The molecule has 1 N–H and O–H groups in total. The lowest BCUT2D eigenvalue weighted by atomic mass is 10.2. The Morgan fingerprint density at radius 1 is 1.30 bits per heavy atom. The lowest BCUT2D eigenvalue weighted by Crippen LogP contribution is -2.34. The van der Waals surface area contributed by atoms with Gasteiger partial charge < -0.3 is 9.64 Å². The van der Waals surface area contributed by atoms with Crippen molar-refractivity contribution in [1.29, 1.82) is 0 Å². The molecule has 2 heterocycles. The van der Waals surface area contributed by atoms with E-state index >= 15 is 0 Å². The van der Waals surface area contributed by atoms with Gasteiger partial charge in [-0.2, -0.15) is 0 Å². The summed E-state index contributed by atoms with van der Waals surface area (Å²) in [6.07, 6.45) is 2.09. The number of sulfonamides is 1. The predicted molar refractivity (Wildman–Crippen MR) is 105 cm³/mol. The lowest BCUT2D eigenvalue weighted by Gasteiger charge is -2.24. The van der Waals surface area contributed by atoms with E-state index in [9.17, 15) is 13.2 Å². The zero-order valence-electron chi connectivity index (χ0n) is 15.3. The van der Waals surface area contributed by atoms with Gasteiger partial charge >= 0.3 is 0 Å². The summed E-state index contributed by atoms with van der Waals surface area (Å²) in [5.74, 6) is 0.612. The Labute approximate surface area is 164 Å². The summed E-state index contributed by atoms with van der Waals surface area (Å²) in [6.45, 7) is 3.21. The molecule has 1 aromatic heterocycles. The first-order chi connectivity index (χ1) is 13.0. The molecule has 3 rings (SSSR count). The fourth-order valence-corrected chi connectivity index (χ4v) is 5.15. The van der Waals surface area contributed by atoms with Crippen LogP contribution in [-0.2, 0) is 14.8 Å². The normalized spacial score (nSPS) is 17.2.